The van der Waals surface area contributed by atoms with E-state index in [-0.39, 0.29) is 5.56 Å². The number of aromatic nitrogens is 2. The molecule has 0 aliphatic carbocycles. The third-order valence-electron chi connectivity index (χ3n) is 4.55. The molecule has 0 bridgehead atoms. The first kappa shape index (κ1) is 16.1. The lowest BCUT2D eigenvalue weighted by atomic mass is 10.1. The molecule has 26 heavy (non-hydrogen) atoms. The van der Waals surface area contributed by atoms with Crippen LogP contribution >= 0.6 is 0 Å². The third kappa shape index (κ3) is 2.58. The molecule has 0 saturated carbocycles. The van der Waals surface area contributed by atoms with E-state index in [1.807, 2.05) is 48.5 Å². The van der Waals surface area contributed by atoms with E-state index >= 15 is 0 Å². The minimum Gasteiger partial charge on any atom is -0.497 e. The summed E-state index contributed by atoms with van der Waals surface area (Å²) in [4.78, 5) is 17.3. The Morgan fingerprint density at radius 2 is 1.81 bits per heavy atom. The highest BCUT2D eigenvalue weighted by Crippen LogP contribution is 2.35. The second-order valence-corrected chi connectivity index (χ2v) is 6.02. The van der Waals surface area contributed by atoms with Crippen LogP contribution in [0.25, 0.3) is 21.7 Å². The number of hydrogen-bond acceptors (Lipinski definition) is 4. The van der Waals surface area contributed by atoms with Crippen molar-refractivity contribution in [1.82, 2.24) is 9.55 Å². The number of fused-ring (bicyclic) bond motifs is 3. The van der Waals surface area contributed by atoms with E-state index in [4.69, 9.17) is 9.47 Å². The number of pyridine rings is 2. The Balaban J connectivity index is 2.14. The van der Waals surface area contributed by atoms with Crippen molar-refractivity contribution in [3.05, 3.63) is 76.8 Å². The van der Waals surface area contributed by atoms with Gasteiger partial charge in [-0.15, -0.1) is 0 Å². The van der Waals surface area contributed by atoms with Crippen LogP contribution in [0.15, 0.2) is 65.7 Å². The van der Waals surface area contributed by atoms with Crippen LogP contribution in [0.3, 0.4) is 0 Å². The molecule has 5 heteroatoms. The molecule has 130 valence electrons. The standard InChI is InChI=1S/C21H18N2O3/c1-25-15-10-18-20(19(11-15)26-2)16-8-9-22-12-17(16)21(24)23(18)13-14-6-4-3-5-7-14/h3-12H,13H2,1-2H3. The molecule has 2 aromatic carbocycles. The average molecular weight is 346 g/mol. The van der Waals surface area contributed by atoms with E-state index in [0.29, 0.717) is 23.4 Å². The first-order valence-electron chi connectivity index (χ1n) is 8.29. The van der Waals surface area contributed by atoms with Crippen LogP contribution in [-0.2, 0) is 6.54 Å². The van der Waals surface area contributed by atoms with Gasteiger partial charge in [-0.25, -0.2) is 0 Å². The molecule has 0 amide bonds. The molecule has 0 spiro atoms. The predicted octanol–water partition coefficient (Wildman–Crippen LogP) is 3.62. The van der Waals surface area contributed by atoms with Gasteiger partial charge in [0.1, 0.15) is 11.5 Å². The zero-order chi connectivity index (χ0) is 18.1. The summed E-state index contributed by atoms with van der Waals surface area (Å²) in [5.74, 6) is 1.31. The minimum atomic E-state index is -0.0836. The molecule has 4 aromatic rings. The molecule has 0 unspecified atom stereocenters. The van der Waals surface area contributed by atoms with Gasteiger partial charge in [-0.3, -0.25) is 9.78 Å². The highest BCUT2D eigenvalue weighted by atomic mass is 16.5. The Bertz CT molecular complexity index is 1150. The summed E-state index contributed by atoms with van der Waals surface area (Å²) in [7, 11) is 3.22. The van der Waals surface area contributed by atoms with Crippen LogP contribution in [0, 0.1) is 0 Å². The molecule has 4 rings (SSSR count). The molecule has 2 heterocycles. The van der Waals surface area contributed by atoms with Crippen molar-refractivity contribution in [2.75, 3.05) is 14.2 Å². The molecule has 5 nitrogen and oxygen atoms in total. The molecule has 0 aliphatic heterocycles. The van der Waals surface area contributed by atoms with Crippen molar-refractivity contribution in [2.24, 2.45) is 0 Å². The van der Waals surface area contributed by atoms with Crippen LogP contribution in [-0.4, -0.2) is 23.8 Å². The normalized spacial score (nSPS) is 11.0. The number of rotatable bonds is 4. The minimum absolute atomic E-state index is 0.0836. The highest BCUT2D eigenvalue weighted by Gasteiger charge is 2.16. The number of methoxy groups -OCH3 is 2. The number of benzene rings is 2. The van der Waals surface area contributed by atoms with Crippen molar-refractivity contribution in [3.8, 4) is 11.5 Å². The lowest BCUT2D eigenvalue weighted by Crippen LogP contribution is -2.22. The smallest absolute Gasteiger partial charge is 0.260 e. The Morgan fingerprint density at radius 1 is 1.00 bits per heavy atom. The van der Waals surface area contributed by atoms with Gasteiger partial charge in [0, 0.05) is 35.3 Å². The van der Waals surface area contributed by atoms with Gasteiger partial charge in [0.15, 0.2) is 0 Å². The van der Waals surface area contributed by atoms with Crippen LogP contribution in [0.1, 0.15) is 5.56 Å². The molecule has 2 aromatic heterocycles. The molecule has 0 radical (unpaired) electrons. The highest BCUT2D eigenvalue weighted by molar-refractivity contribution is 6.09. The molecule has 0 saturated heterocycles. The summed E-state index contributed by atoms with van der Waals surface area (Å²) < 4.78 is 12.8. The van der Waals surface area contributed by atoms with Gasteiger partial charge in [0.05, 0.1) is 31.7 Å². The third-order valence-corrected chi connectivity index (χ3v) is 4.55. The van der Waals surface area contributed by atoms with E-state index in [0.717, 1.165) is 21.9 Å². The van der Waals surface area contributed by atoms with Crippen molar-refractivity contribution in [2.45, 2.75) is 6.54 Å². The summed E-state index contributed by atoms with van der Waals surface area (Å²) in [6.45, 7) is 0.456. The topological polar surface area (TPSA) is 53.4 Å². The predicted molar refractivity (Wildman–Crippen MR) is 102 cm³/mol. The largest absolute Gasteiger partial charge is 0.497 e. The average Bonchev–Trinajstić information content (AvgIpc) is 2.70. The second kappa shape index (κ2) is 6.52. The molecular formula is C21H18N2O3. The second-order valence-electron chi connectivity index (χ2n) is 6.02. The van der Waals surface area contributed by atoms with E-state index in [2.05, 4.69) is 4.98 Å². The SMILES string of the molecule is COc1cc(OC)c2c3ccncc3c(=O)n(Cc3ccccc3)c2c1. The van der Waals surface area contributed by atoms with Gasteiger partial charge in [-0.1, -0.05) is 30.3 Å². The Kier molecular flexibility index (Phi) is 4.05. The summed E-state index contributed by atoms with van der Waals surface area (Å²) in [6, 6.07) is 15.5. The summed E-state index contributed by atoms with van der Waals surface area (Å²) in [5, 5.41) is 2.27. The monoisotopic (exact) mass is 346 g/mol. The maximum Gasteiger partial charge on any atom is 0.260 e. The van der Waals surface area contributed by atoms with E-state index in [1.54, 1.807) is 31.2 Å². The molecular weight excluding hydrogens is 328 g/mol. The Labute approximate surface area is 150 Å². The van der Waals surface area contributed by atoms with E-state index in [9.17, 15) is 4.79 Å². The number of hydrogen-bond donors (Lipinski definition) is 0. The van der Waals surface area contributed by atoms with Gasteiger partial charge < -0.3 is 14.0 Å². The van der Waals surface area contributed by atoms with Gasteiger partial charge in [-0.2, -0.15) is 0 Å². The van der Waals surface area contributed by atoms with Crippen LogP contribution in [0.4, 0.5) is 0 Å². The first-order chi connectivity index (χ1) is 12.7. The van der Waals surface area contributed by atoms with Crippen LogP contribution < -0.4 is 15.0 Å². The van der Waals surface area contributed by atoms with Crippen LogP contribution in [0.2, 0.25) is 0 Å². The molecule has 0 aliphatic rings. The van der Waals surface area contributed by atoms with Crippen LogP contribution in [0.5, 0.6) is 11.5 Å². The lowest BCUT2D eigenvalue weighted by molar-refractivity contribution is 0.397. The first-order valence-corrected chi connectivity index (χ1v) is 8.29. The molecule has 0 atom stereocenters. The van der Waals surface area contributed by atoms with Gasteiger partial charge in [0.25, 0.3) is 5.56 Å². The van der Waals surface area contributed by atoms with Crippen molar-refractivity contribution >= 4 is 21.7 Å². The maximum absolute atomic E-state index is 13.2. The number of ether oxygens (including phenoxy) is 2. The fourth-order valence-electron chi connectivity index (χ4n) is 3.30. The van der Waals surface area contributed by atoms with Crippen molar-refractivity contribution in [1.29, 1.82) is 0 Å². The molecule has 0 N–H and O–H groups in total. The fraction of sp³-hybridized carbons (Fsp3) is 0.143. The number of nitrogens with zero attached hydrogens (tertiary/aromatic N) is 2. The summed E-state index contributed by atoms with van der Waals surface area (Å²) in [6.07, 6.45) is 3.30. The fourth-order valence-corrected chi connectivity index (χ4v) is 3.30. The van der Waals surface area contributed by atoms with Gasteiger partial charge >= 0.3 is 0 Å². The zero-order valence-corrected chi connectivity index (χ0v) is 14.6. The van der Waals surface area contributed by atoms with E-state index < -0.39 is 0 Å². The Morgan fingerprint density at radius 3 is 2.54 bits per heavy atom. The maximum atomic E-state index is 13.2. The van der Waals surface area contributed by atoms with Crippen molar-refractivity contribution < 1.29 is 9.47 Å². The van der Waals surface area contributed by atoms with Crippen molar-refractivity contribution in [3.63, 3.8) is 0 Å². The summed E-state index contributed by atoms with van der Waals surface area (Å²) in [5.41, 5.74) is 1.73. The van der Waals surface area contributed by atoms with Gasteiger partial charge in [0.2, 0.25) is 0 Å². The molecule has 0 fully saturated rings. The summed E-state index contributed by atoms with van der Waals surface area (Å²) >= 11 is 0. The lowest BCUT2D eigenvalue weighted by Gasteiger charge is -2.16. The van der Waals surface area contributed by atoms with Gasteiger partial charge in [-0.05, 0) is 11.6 Å². The zero-order valence-electron chi connectivity index (χ0n) is 14.6. The quantitative estimate of drug-likeness (QED) is 0.530. The van der Waals surface area contributed by atoms with E-state index in [1.165, 1.54) is 0 Å². The Hall–Kier alpha value is -3.34.